The number of amides is 1. The standard InChI is InChI=1S/C11H16BrN3O2/c1-7(5-13-2)10(16)14-8-4-9(12)11(17)15(3)6-8/h4,6-7,13H,5H2,1-3H3,(H,14,16). The first-order valence-corrected chi connectivity index (χ1v) is 6.06. The molecule has 5 nitrogen and oxygen atoms in total. The summed E-state index contributed by atoms with van der Waals surface area (Å²) in [5, 5.41) is 5.71. The van der Waals surface area contributed by atoms with E-state index in [9.17, 15) is 9.59 Å². The summed E-state index contributed by atoms with van der Waals surface area (Å²) >= 11 is 3.16. The summed E-state index contributed by atoms with van der Waals surface area (Å²) in [6.07, 6.45) is 1.59. The van der Waals surface area contributed by atoms with Crippen LogP contribution in [-0.2, 0) is 11.8 Å². The van der Waals surface area contributed by atoms with E-state index in [1.54, 1.807) is 26.4 Å². The van der Waals surface area contributed by atoms with Gasteiger partial charge in [-0.2, -0.15) is 0 Å². The van der Waals surface area contributed by atoms with Gasteiger partial charge < -0.3 is 15.2 Å². The van der Waals surface area contributed by atoms with Crippen LogP contribution >= 0.6 is 15.9 Å². The third-order valence-corrected chi connectivity index (χ3v) is 2.93. The van der Waals surface area contributed by atoms with E-state index >= 15 is 0 Å². The highest BCUT2D eigenvalue weighted by Crippen LogP contribution is 2.12. The molecule has 0 saturated carbocycles. The van der Waals surface area contributed by atoms with Crippen molar-refractivity contribution < 1.29 is 4.79 Å². The van der Waals surface area contributed by atoms with Crippen molar-refractivity contribution in [1.29, 1.82) is 0 Å². The van der Waals surface area contributed by atoms with Crippen LogP contribution < -0.4 is 16.2 Å². The molecule has 94 valence electrons. The van der Waals surface area contributed by atoms with E-state index in [1.807, 2.05) is 6.92 Å². The van der Waals surface area contributed by atoms with Crippen molar-refractivity contribution in [2.75, 3.05) is 18.9 Å². The molecule has 6 heteroatoms. The molecule has 0 saturated heterocycles. The number of carbonyl (C=O) groups excluding carboxylic acids is 1. The zero-order valence-electron chi connectivity index (χ0n) is 10.1. The maximum Gasteiger partial charge on any atom is 0.264 e. The van der Waals surface area contributed by atoms with Crippen molar-refractivity contribution in [1.82, 2.24) is 9.88 Å². The molecule has 0 aliphatic carbocycles. The largest absolute Gasteiger partial charge is 0.324 e. The fourth-order valence-electron chi connectivity index (χ4n) is 1.40. The topological polar surface area (TPSA) is 63.1 Å². The van der Waals surface area contributed by atoms with Crippen molar-refractivity contribution >= 4 is 27.5 Å². The number of carbonyl (C=O) groups is 1. The minimum atomic E-state index is -0.133. The Morgan fingerprint density at radius 3 is 2.76 bits per heavy atom. The fraction of sp³-hybridized carbons (Fsp3) is 0.455. The lowest BCUT2D eigenvalue weighted by molar-refractivity contribution is -0.119. The van der Waals surface area contributed by atoms with Gasteiger partial charge in [0.05, 0.1) is 10.2 Å². The zero-order chi connectivity index (χ0) is 13.0. The quantitative estimate of drug-likeness (QED) is 0.870. The average Bonchev–Trinajstić information content (AvgIpc) is 2.26. The van der Waals surface area contributed by atoms with E-state index in [4.69, 9.17) is 0 Å². The van der Waals surface area contributed by atoms with Crippen LogP contribution in [0.2, 0.25) is 0 Å². The predicted molar refractivity (Wildman–Crippen MR) is 71.1 cm³/mol. The van der Waals surface area contributed by atoms with E-state index in [2.05, 4.69) is 26.6 Å². The van der Waals surface area contributed by atoms with Crippen molar-refractivity contribution in [3.63, 3.8) is 0 Å². The molecule has 2 N–H and O–H groups in total. The van der Waals surface area contributed by atoms with Crippen LogP contribution in [0, 0.1) is 5.92 Å². The van der Waals surface area contributed by atoms with Crippen LogP contribution in [0.3, 0.4) is 0 Å². The Hall–Kier alpha value is -1.14. The Labute approximate surface area is 108 Å². The van der Waals surface area contributed by atoms with Crippen LogP contribution in [0.1, 0.15) is 6.92 Å². The average molecular weight is 302 g/mol. The Balaban J connectivity index is 2.82. The summed E-state index contributed by atoms with van der Waals surface area (Å²) < 4.78 is 1.85. The van der Waals surface area contributed by atoms with Gasteiger partial charge in [-0.3, -0.25) is 9.59 Å². The molecule has 1 atom stereocenters. The number of anilines is 1. The van der Waals surface area contributed by atoms with Gasteiger partial charge in [0, 0.05) is 25.7 Å². The van der Waals surface area contributed by atoms with E-state index in [-0.39, 0.29) is 17.4 Å². The number of hydrogen-bond acceptors (Lipinski definition) is 3. The number of halogens is 1. The maximum atomic E-state index is 11.8. The maximum absolute atomic E-state index is 11.8. The first kappa shape index (κ1) is 13.9. The first-order valence-electron chi connectivity index (χ1n) is 5.27. The van der Waals surface area contributed by atoms with Gasteiger partial charge in [0.1, 0.15) is 0 Å². The van der Waals surface area contributed by atoms with Crippen LogP contribution in [0.5, 0.6) is 0 Å². The number of aryl methyl sites for hydroxylation is 1. The molecular weight excluding hydrogens is 286 g/mol. The second kappa shape index (κ2) is 5.97. The third kappa shape index (κ3) is 3.67. The van der Waals surface area contributed by atoms with Crippen molar-refractivity contribution in [3.8, 4) is 0 Å². The number of hydrogen-bond donors (Lipinski definition) is 2. The fourth-order valence-corrected chi connectivity index (χ4v) is 1.93. The van der Waals surface area contributed by atoms with Crippen molar-refractivity contribution in [2.24, 2.45) is 13.0 Å². The second-order valence-electron chi connectivity index (χ2n) is 3.94. The molecule has 0 aliphatic heterocycles. The summed E-state index contributed by atoms with van der Waals surface area (Å²) in [4.78, 5) is 23.2. The lowest BCUT2D eigenvalue weighted by Crippen LogP contribution is -2.29. The second-order valence-corrected chi connectivity index (χ2v) is 4.80. The van der Waals surface area contributed by atoms with Crippen LogP contribution in [0.4, 0.5) is 5.69 Å². The van der Waals surface area contributed by atoms with E-state index in [0.29, 0.717) is 16.7 Å². The highest BCUT2D eigenvalue weighted by molar-refractivity contribution is 9.10. The Morgan fingerprint density at radius 1 is 1.59 bits per heavy atom. The predicted octanol–water partition coefficient (Wildman–Crippen LogP) is 0.942. The summed E-state index contributed by atoms with van der Waals surface area (Å²) in [6.45, 7) is 2.45. The summed E-state index contributed by atoms with van der Waals surface area (Å²) in [5.74, 6) is -0.207. The normalized spacial score (nSPS) is 12.2. The van der Waals surface area contributed by atoms with Gasteiger partial charge in [0.15, 0.2) is 0 Å². The molecular formula is C11H16BrN3O2. The smallest absolute Gasteiger partial charge is 0.264 e. The van der Waals surface area contributed by atoms with Gasteiger partial charge in [-0.05, 0) is 29.0 Å². The highest BCUT2D eigenvalue weighted by Gasteiger charge is 2.12. The minimum Gasteiger partial charge on any atom is -0.324 e. The Bertz CT molecular complexity index is 444. The molecule has 0 fully saturated rings. The number of aromatic nitrogens is 1. The zero-order valence-corrected chi connectivity index (χ0v) is 11.7. The molecule has 1 amide bonds. The minimum absolute atomic E-state index is 0.0788. The number of nitrogens with one attached hydrogen (secondary N) is 2. The molecule has 0 aliphatic rings. The van der Waals surface area contributed by atoms with Crippen molar-refractivity contribution in [2.45, 2.75) is 6.92 Å². The van der Waals surface area contributed by atoms with Gasteiger partial charge in [0.2, 0.25) is 5.91 Å². The molecule has 1 aromatic rings. The van der Waals surface area contributed by atoms with E-state index in [1.165, 1.54) is 4.57 Å². The van der Waals surface area contributed by atoms with Crippen molar-refractivity contribution in [3.05, 3.63) is 27.1 Å². The van der Waals surface area contributed by atoms with Crippen LogP contribution in [0.25, 0.3) is 0 Å². The molecule has 1 heterocycles. The number of rotatable bonds is 4. The molecule has 0 spiro atoms. The van der Waals surface area contributed by atoms with Crippen LogP contribution in [-0.4, -0.2) is 24.1 Å². The van der Waals surface area contributed by atoms with Crippen LogP contribution in [0.15, 0.2) is 21.5 Å². The van der Waals surface area contributed by atoms with Gasteiger partial charge in [-0.15, -0.1) is 0 Å². The summed E-state index contributed by atoms with van der Waals surface area (Å²) in [6, 6.07) is 1.60. The molecule has 1 rings (SSSR count). The van der Waals surface area contributed by atoms with E-state index < -0.39 is 0 Å². The third-order valence-electron chi connectivity index (χ3n) is 2.37. The molecule has 0 radical (unpaired) electrons. The molecule has 0 aromatic carbocycles. The Morgan fingerprint density at radius 2 is 2.24 bits per heavy atom. The molecule has 1 aromatic heterocycles. The SMILES string of the molecule is CNCC(C)C(=O)Nc1cc(Br)c(=O)n(C)c1. The summed E-state index contributed by atoms with van der Waals surface area (Å²) in [7, 11) is 3.44. The van der Waals surface area contributed by atoms with Gasteiger partial charge in [-0.25, -0.2) is 0 Å². The number of nitrogens with zero attached hydrogens (tertiary/aromatic N) is 1. The Kier molecular flexibility index (Phi) is 4.89. The lowest BCUT2D eigenvalue weighted by atomic mass is 10.1. The monoisotopic (exact) mass is 301 g/mol. The van der Waals surface area contributed by atoms with Gasteiger partial charge in [-0.1, -0.05) is 6.92 Å². The number of pyridine rings is 1. The first-order chi connectivity index (χ1) is 7.95. The highest BCUT2D eigenvalue weighted by atomic mass is 79.9. The summed E-state index contributed by atoms with van der Waals surface area (Å²) in [5.41, 5.74) is 0.471. The molecule has 0 bridgehead atoms. The van der Waals surface area contributed by atoms with E-state index in [0.717, 1.165) is 0 Å². The lowest BCUT2D eigenvalue weighted by Gasteiger charge is -2.12. The van der Waals surface area contributed by atoms with Gasteiger partial charge in [0.25, 0.3) is 5.56 Å². The molecule has 17 heavy (non-hydrogen) atoms. The molecule has 1 unspecified atom stereocenters. The van der Waals surface area contributed by atoms with Gasteiger partial charge >= 0.3 is 0 Å².